The van der Waals surface area contributed by atoms with Gasteiger partial charge in [0, 0.05) is 12.7 Å². The average molecular weight is 249 g/mol. The normalized spacial score (nSPS) is 10.3. The van der Waals surface area contributed by atoms with Gasteiger partial charge >= 0.3 is 0 Å². The van der Waals surface area contributed by atoms with E-state index in [9.17, 15) is 4.79 Å². The van der Waals surface area contributed by atoms with Crippen molar-refractivity contribution < 1.29 is 4.74 Å². The second-order valence-electron chi connectivity index (χ2n) is 3.82. The summed E-state index contributed by atoms with van der Waals surface area (Å²) in [6.45, 7) is 3.28. The number of aryl methyl sites for hydroxylation is 1. The fraction of sp³-hybridized carbons (Fsp3) is 0.364. The summed E-state index contributed by atoms with van der Waals surface area (Å²) in [5.74, 6) is 0.624. The molecule has 0 aliphatic heterocycles. The first-order chi connectivity index (χ1) is 8.70. The number of hydrogen-bond acceptors (Lipinski definition) is 5. The number of hydrogen-bond donors (Lipinski definition) is 2. The van der Waals surface area contributed by atoms with Gasteiger partial charge in [0.05, 0.1) is 26.2 Å². The minimum atomic E-state index is -0.301. The summed E-state index contributed by atoms with van der Waals surface area (Å²) in [7, 11) is 1.44. The fourth-order valence-corrected chi connectivity index (χ4v) is 1.58. The monoisotopic (exact) mass is 249 g/mol. The molecule has 7 nitrogen and oxygen atoms in total. The molecule has 2 N–H and O–H groups in total. The third-order valence-electron chi connectivity index (χ3n) is 2.41. The largest absolute Gasteiger partial charge is 0.489 e. The second kappa shape index (κ2) is 5.35. The van der Waals surface area contributed by atoms with Crippen molar-refractivity contribution >= 4 is 5.82 Å². The van der Waals surface area contributed by atoms with Gasteiger partial charge in [0.2, 0.25) is 5.75 Å². The van der Waals surface area contributed by atoms with Crippen LogP contribution in [0.1, 0.15) is 5.56 Å². The Balaban J connectivity index is 1.98. The van der Waals surface area contributed by atoms with E-state index >= 15 is 0 Å². The summed E-state index contributed by atoms with van der Waals surface area (Å²) in [4.78, 5) is 17.9. The van der Waals surface area contributed by atoms with Gasteiger partial charge in [-0.05, 0) is 12.5 Å². The molecule has 2 aromatic heterocycles. The van der Waals surface area contributed by atoms with E-state index in [2.05, 4.69) is 20.4 Å². The van der Waals surface area contributed by atoms with Gasteiger partial charge in [-0.3, -0.25) is 9.48 Å². The van der Waals surface area contributed by atoms with Crippen molar-refractivity contribution in [2.45, 2.75) is 13.5 Å². The first-order valence-corrected chi connectivity index (χ1v) is 5.55. The van der Waals surface area contributed by atoms with Crippen molar-refractivity contribution in [2.75, 3.05) is 19.0 Å². The molecule has 0 saturated carbocycles. The summed E-state index contributed by atoms with van der Waals surface area (Å²) in [6, 6.07) is 0. The highest BCUT2D eigenvalue weighted by atomic mass is 16.5. The molecule has 0 spiro atoms. The zero-order chi connectivity index (χ0) is 13.0. The van der Waals surface area contributed by atoms with Crippen molar-refractivity contribution in [1.29, 1.82) is 0 Å². The van der Waals surface area contributed by atoms with Crippen LogP contribution in [0, 0.1) is 6.92 Å². The molecular weight excluding hydrogens is 234 g/mol. The van der Waals surface area contributed by atoms with Crippen LogP contribution < -0.4 is 15.6 Å². The van der Waals surface area contributed by atoms with Crippen molar-refractivity contribution in [3.05, 3.63) is 34.6 Å². The molecule has 0 fully saturated rings. The van der Waals surface area contributed by atoms with Crippen LogP contribution in [0.2, 0.25) is 0 Å². The first kappa shape index (κ1) is 12.2. The number of aromatic amines is 1. The standard InChI is InChI=1S/C11H15N5O2/c1-8-5-15-16(6-8)4-3-12-10-9(18-2)11(17)14-7-13-10/h5-7H,3-4H2,1-2H3,(H2,12,13,14,17). The lowest BCUT2D eigenvalue weighted by molar-refractivity contribution is 0.408. The van der Waals surface area contributed by atoms with Crippen LogP contribution in [0.3, 0.4) is 0 Å². The molecule has 0 radical (unpaired) electrons. The number of aromatic nitrogens is 4. The van der Waals surface area contributed by atoms with E-state index in [0.29, 0.717) is 18.9 Å². The Kier molecular flexibility index (Phi) is 3.61. The van der Waals surface area contributed by atoms with Crippen molar-refractivity contribution in [3.8, 4) is 5.75 Å². The molecule has 2 heterocycles. The number of nitrogens with one attached hydrogen (secondary N) is 2. The van der Waals surface area contributed by atoms with Gasteiger partial charge in [0.15, 0.2) is 5.82 Å². The summed E-state index contributed by atoms with van der Waals surface area (Å²) in [5, 5.41) is 7.21. The predicted octanol–water partition coefficient (Wildman–Crippen LogP) is 0.396. The Labute approximate surface area is 104 Å². The van der Waals surface area contributed by atoms with E-state index in [0.717, 1.165) is 5.56 Å². The van der Waals surface area contributed by atoms with Crippen molar-refractivity contribution in [3.63, 3.8) is 0 Å². The Morgan fingerprint density at radius 1 is 1.56 bits per heavy atom. The summed E-state index contributed by atoms with van der Waals surface area (Å²) >= 11 is 0. The Morgan fingerprint density at radius 3 is 3.06 bits per heavy atom. The summed E-state index contributed by atoms with van der Waals surface area (Å²) < 4.78 is 6.81. The number of anilines is 1. The maximum Gasteiger partial charge on any atom is 0.295 e. The molecule has 2 aromatic rings. The highest BCUT2D eigenvalue weighted by molar-refractivity contribution is 5.47. The lowest BCUT2D eigenvalue weighted by Crippen LogP contribution is -2.17. The molecule has 7 heteroatoms. The topological polar surface area (TPSA) is 84.8 Å². The van der Waals surface area contributed by atoms with Crippen LogP contribution in [0.5, 0.6) is 5.75 Å². The molecule has 0 atom stereocenters. The van der Waals surface area contributed by atoms with Gasteiger partial charge in [-0.15, -0.1) is 0 Å². The smallest absolute Gasteiger partial charge is 0.295 e. The molecule has 96 valence electrons. The maximum atomic E-state index is 11.4. The van der Waals surface area contributed by atoms with Crippen LogP contribution >= 0.6 is 0 Å². The van der Waals surface area contributed by atoms with Gasteiger partial charge in [-0.2, -0.15) is 5.10 Å². The van der Waals surface area contributed by atoms with E-state index in [1.807, 2.05) is 17.8 Å². The van der Waals surface area contributed by atoms with Crippen LogP contribution in [0.15, 0.2) is 23.5 Å². The molecule has 0 aliphatic carbocycles. The summed E-state index contributed by atoms with van der Waals surface area (Å²) in [5.41, 5.74) is 0.812. The molecule has 0 saturated heterocycles. The molecule has 18 heavy (non-hydrogen) atoms. The second-order valence-corrected chi connectivity index (χ2v) is 3.82. The maximum absolute atomic E-state index is 11.4. The lowest BCUT2D eigenvalue weighted by Gasteiger charge is -2.08. The molecule has 0 bridgehead atoms. The zero-order valence-corrected chi connectivity index (χ0v) is 10.3. The van der Waals surface area contributed by atoms with Gasteiger partial charge in [-0.25, -0.2) is 4.98 Å². The predicted molar refractivity (Wildman–Crippen MR) is 66.9 cm³/mol. The Hall–Kier alpha value is -2.31. The fourth-order valence-electron chi connectivity index (χ4n) is 1.58. The van der Waals surface area contributed by atoms with Crippen LogP contribution in [-0.2, 0) is 6.54 Å². The van der Waals surface area contributed by atoms with E-state index in [4.69, 9.17) is 4.74 Å². The molecule has 2 rings (SSSR count). The molecule has 0 aromatic carbocycles. The van der Waals surface area contributed by atoms with Crippen LogP contribution in [0.4, 0.5) is 5.82 Å². The SMILES string of the molecule is COc1c(NCCn2cc(C)cn2)nc[nH]c1=O. The zero-order valence-electron chi connectivity index (χ0n) is 10.3. The lowest BCUT2D eigenvalue weighted by atomic mass is 10.4. The third kappa shape index (κ3) is 2.68. The van der Waals surface area contributed by atoms with E-state index in [1.165, 1.54) is 13.4 Å². The highest BCUT2D eigenvalue weighted by Crippen LogP contribution is 2.13. The molecule has 0 unspecified atom stereocenters. The summed E-state index contributed by atoms with van der Waals surface area (Å²) in [6.07, 6.45) is 5.08. The first-order valence-electron chi connectivity index (χ1n) is 5.55. The van der Waals surface area contributed by atoms with Crippen LogP contribution in [-0.4, -0.2) is 33.4 Å². The average Bonchev–Trinajstić information content (AvgIpc) is 2.75. The number of nitrogens with zero attached hydrogens (tertiary/aromatic N) is 3. The minimum Gasteiger partial charge on any atom is -0.489 e. The van der Waals surface area contributed by atoms with Gasteiger partial charge < -0.3 is 15.0 Å². The highest BCUT2D eigenvalue weighted by Gasteiger charge is 2.07. The van der Waals surface area contributed by atoms with E-state index < -0.39 is 0 Å². The minimum absolute atomic E-state index is 0.189. The van der Waals surface area contributed by atoms with Gasteiger partial charge in [-0.1, -0.05) is 0 Å². The Morgan fingerprint density at radius 2 is 2.39 bits per heavy atom. The van der Waals surface area contributed by atoms with Crippen LogP contribution in [0.25, 0.3) is 0 Å². The van der Waals surface area contributed by atoms with Gasteiger partial charge in [0.1, 0.15) is 0 Å². The van der Waals surface area contributed by atoms with Crippen molar-refractivity contribution in [2.24, 2.45) is 0 Å². The third-order valence-corrected chi connectivity index (χ3v) is 2.41. The van der Waals surface area contributed by atoms with Gasteiger partial charge in [0.25, 0.3) is 5.56 Å². The van der Waals surface area contributed by atoms with E-state index in [1.54, 1.807) is 6.20 Å². The number of methoxy groups -OCH3 is 1. The molecule has 0 amide bonds. The molecule has 0 aliphatic rings. The molecular formula is C11H15N5O2. The van der Waals surface area contributed by atoms with Crippen molar-refractivity contribution in [1.82, 2.24) is 19.7 Å². The number of H-pyrrole nitrogens is 1. The quantitative estimate of drug-likeness (QED) is 0.801. The number of rotatable bonds is 5. The number of ether oxygens (including phenoxy) is 1. The van der Waals surface area contributed by atoms with E-state index in [-0.39, 0.29) is 11.3 Å². The Bertz CT molecular complexity index is 575.